The molecule has 3 aromatic carbocycles. The van der Waals surface area contributed by atoms with Crippen LogP contribution in [-0.2, 0) is 6.54 Å². The zero-order chi connectivity index (χ0) is 21.2. The van der Waals surface area contributed by atoms with Crippen LogP contribution in [0.1, 0.15) is 22.9 Å². The van der Waals surface area contributed by atoms with Crippen molar-refractivity contribution < 1.29 is 9.53 Å². The van der Waals surface area contributed by atoms with Crippen LogP contribution in [0, 0.1) is 0 Å². The van der Waals surface area contributed by atoms with E-state index in [4.69, 9.17) is 4.74 Å². The summed E-state index contributed by atoms with van der Waals surface area (Å²) in [6.07, 6.45) is 2.06. The molecule has 0 unspecified atom stereocenters. The molecular formula is C26H23N3O2. The highest BCUT2D eigenvalue weighted by molar-refractivity contribution is 5.90. The van der Waals surface area contributed by atoms with Crippen LogP contribution in [0.15, 0.2) is 97.2 Å². The lowest BCUT2D eigenvalue weighted by Crippen LogP contribution is -2.37. The molecule has 5 rings (SSSR count). The molecule has 1 atom stereocenters. The van der Waals surface area contributed by atoms with Gasteiger partial charge in [0.05, 0.1) is 25.4 Å². The monoisotopic (exact) mass is 409 g/mol. The summed E-state index contributed by atoms with van der Waals surface area (Å²) in [4.78, 5) is 15.4. The van der Waals surface area contributed by atoms with Crippen molar-refractivity contribution >= 4 is 11.7 Å². The molecular weight excluding hydrogens is 386 g/mol. The summed E-state index contributed by atoms with van der Waals surface area (Å²) in [5.74, 6) is 0.788. The second kappa shape index (κ2) is 8.03. The maximum Gasteiger partial charge on any atom is 0.322 e. The zero-order valence-electron chi connectivity index (χ0n) is 17.2. The van der Waals surface area contributed by atoms with Crippen LogP contribution in [0.3, 0.4) is 0 Å². The smallest absolute Gasteiger partial charge is 0.322 e. The van der Waals surface area contributed by atoms with Gasteiger partial charge in [0.1, 0.15) is 5.75 Å². The van der Waals surface area contributed by atoms with Crippen molar-refractivity contribution in [3.05, 3.63) is 114 Å². The number of benzene rings is 3. The first-order valence-electron chi connectivity index (χ1n) is 10.3. The number of nitrogens with zero attached hydrogens (tertiary/aromatic N) is 2. The van der Waals surface area contributed by atoms with Crippen molar-refractivity contribution in [1.82, 2.24) is 9.47 Å². The minimum atomic E-state index is -0.253. The first kappa shape index (κ1) is 19.0. The standard InChI is InChI=1S/C26H23N3O2/c1-31-22-15-13-19(14-16-22)25-24-12-7-17-28(24)23-11-6-5-8-20(23)18-29(25)26(30)27-21-9-3-2-4-10-21/h2-17,25H,18H2,1H3,(H,27,30)/t25-/m1/s1. The summed E-state index contributed by atoms with van der Waals surface area (Å²) in [5.41, 5.74) is 5.03. The molecule has 0 radical (unpaired) electrons. The van der Waals surface area contributed by atoms with E-state index in [0.29, 0.717) is 6.54 Å². The third kappa shape index (κ3) is 3.55. The Kier molecular flexibility index (Phi) is 4.92. The normalized spacial score (nSPS) is 14.9. The van der Waals surface area contributed by atoms with Gasteiger partial charge >= 0.3 is 6.03 Å². The number of carbonyl (C=O) groups is 1. The number of nitrogens with one attached hydrogen (secondary N) is 1. The molecule has 2 amide bonds. The maximum atomic E-state index is 13.5. The fraction of sp³-hybridized carbons (Fsp3) is 0.115. The van der Waals surface area contributed by atoms with Crippen molar-refractivity contribution in [2.75, 3.05) is 12.4 Å². The molecule has 1 aromatic heterocycles. The Morgan fingerprint density at radius 1 is 0.903 bits per heavy atom. The number of ether oxygens (including phenoxy) is 1. The number of carbonyl (C=O) groups excluding carboxylic acids is 1. The van der Waals surface area contributed by atoms with E-state index < -0.39 is 0 Å². The molecule has 0 bridgehead atoms. The van der Waals surface area contributed by atoms with E-state index in [-0.39, 0.29) is 12.1 Å². The highest BCUT2D eigenvalue weighted by Gasteiger charge is 2.33. The lowest BCUT2D eigenvalue weighted by molar-refractivity contribution is 0.194. The number of methoxy groups -OCH3 is 1. The molecule has 0 aliphatic carbocycles. The molecule has 0 saturated heterocycles. The highest BCUT2D eigenvalue weighted by Crippen LogP contribution is 2.37. The Bertz CT molecular complexity index is 1200. The molecule has 1 aliphatic heterocycles. The number of rotatable bonds is 3. The SMILES string of the molecule is COc1ccc([C@@H]2c3cccn3-c3ccccc3CN2C(=O)Nc2ccccc2)cc1. The first-order valence-corrected chi connectivity index (χ1v) is 10.3. The minimum absolute atomic E-state index is 0.142. The Labute approximate surface area is 181 Å². The Morgan fingerprint density at radius 2 is 1.65 bits per heavy atom. The molecule has 0 spiro atoms. The van der Waals surface area contributed by atoms with Gasteiger partial charge in [0.25, 0.3) is 0 Å². The van der Waals surface area contributed by atoms with E-state index in [0.717, 1.165) is 33.9 Å². The number of aromatic nitrogens is 1. The topological polar surface area (TPSA) is 46.5 Å². The second-order valence-corrected chi connectivity index (χ2v) is 7.53. The summed E-state index contributed by atoms with van der Waals surface area (Å²) in [6.45, 7) is 0.493. The number of para-hydroxylation sites is 2. The number of anilines is 1. The van der Waals surface area contributed by atoms with Gasteiger partial charge in [-0.2, -0.15) is 0 Å². The van der Waals surface area contributed by atoms with E-state index in [2.05, 4.69) is 34.3 Å². The van der Waals surface area contributed by atoms with Crippen LogP contribution in [-0.4, -0.2) is 22.6 Å². The number of hydrogen-bond acceptors (Lipinski definition) is 2. The fourth-order valence-electron chi connectivity index (χ4n) is 4.19. The van der Waals surface area contributed by atoms with Gasteiger partial charge in [-0.25, -0.2) is 4.79 Å². The van der Waals surface area contributed by atoms with Crippen LogP contribution in [0.25, 0.3) is 5.69 Å². The van der Waals surface area contributed by atoms with Crippen molar-refractivity contribution in [3.63, 3.8) is 0 Å². The van der Waals surface area contributed by atoms with Crippen LogP contribution < -0.4 is 10.1 Å². The molecule has 31 heavy (non-hydrogen) atoms. The van der Waals surface area contributed by atoms with Crippen LogP contribution in [0.4, 0.5) is 10.5 Å². The third-order valence-corrected chi connectivity index (χ3v) is 5.68. The average Bonchev–Trinajstić information content (AvgIpc) is 3.24. The molecule has 0 saturated carbocycles. The quantitative estimate of drug-likeness (QED) is 0.477. The van der Waals surface area contributed by atoms with Gasteiger partial charge in [0.15, 0.2) is 0 Å². The van der Waals surface area contributed by atoms with E-state index in [1.807, 2.05) is 77.7 Å². The Balaban J connectivity index is 1.63. The summed E-state index contributed by atoms with van der Waals surface area (Å²) in [6, 6.07) is 29.4. The number of hydrogen-bond donors (Lipinski definition) is 1. The van der Waals surface area contributed by atoms with E-state index in [9.17, 15) is 4.79 Å². The second-order valence-electron chi connectivity index (χ2n) is 7.53. The fourth-order valence-corrected chi connectivity index (χ4v) is 4.19. The van der Waals surface area contributed by atoms with E-state index in [1.165, 1.54) is 0 Å². The summed E-state index contributed by atoms with van der Waals surface area (Å²) in [5, 5.41) is 3.07. The molecule has 4 aromatic rings. The van der Waals surface area contributed by atoms with Crippen LogP contribution >= 0.6 is 0 Å². The molecule has 0 fully saturated rings. The highest BCUT2D eigenvalue weighted by atomic mass is 16.5. The van der Waals surface area contributed by atoms with Gasteiger partial charge in [-0.05, 0) is 53.6 Å². The molecule has 5 nitrogen and oxygen atoms in total. The number of urea groups is 1. The average molecular weight is 409 g/mol. The van der Waals surface area contributed by atoms with Crippen LogP contribution in [0.5, 0.6) is 5.75 Å². The molecule has 1 aliphatic rings. The third-order valence-electron chi connectivity index (χ3n) is 5.68. The van der Waals surface area contributed by atoms with Gasteiger partial charge in [-0.1, -0.05) is 48.5 Å². The Morgan fingerprint density at radius 3 is 2.42 bits per heavy atom. The van der Waals surface area contributed by atoms with Crippen molar-refractivity contribution in [1.29, 1.82) is 0 Å². The lowest BCUT2D eigenvalue weighted by Gasteiger charge is -2.31. The van der Waals surface area contributed by atoms with E-state index >= 15 is 0 Å². The van der Waals surface area contributed by atoms with Crippen molar-refractivity contribution in [2.45, 2.75) is 12.6 Å². The van der Waals surface area contributed by atoms with Crippen molar-refractivity contribution in [3.8, 4) is 11.4 Å². The Hall–Kier alpha value is -3.99. The largest absolute Gasteiger partial charge is 0.497 e. The lowest BCUT2D eigenvalue weighted by atomic mass is 10.0. The van der Waals surface area contributed by atoms with Gasteiger partial charge in [-0.3, -0.25) is 0 Å². The number of fused-ring (bicyclic) bond motifs is 3. The predicted molar refractivity (Wildman–Crippen MR) is 122 cm³/mol. The van der Waals surface area contributed by atoms with Gasteiger partial charge in [0.2, 0.25) is 0 Å². The van der Waals surface area contributed by atoms with E-state index in [1.54, 1.807) is 7.11 Å². The summed E-state index contributed by atoms with van der Waals surface area (Å²) < 4.78 is 7.52. The van der Waals surface area contributed by atoms with Gasteiger partial charge in [-0.15, -0.1) is 0 Å². The van der Waals surface area contributed by atoms with Crippen molar-refractivity contribution in [2.24, 2.45) is 0 Å². The molecule has 5 heteroatoms. The van der Waals surface area contributed by atoms with Gasteiger partial charge in [0, 0.05) is 17.6 Å². The zero-order valence-corrected chi connectivity index (χ0v) is 17.2. The maximum absolute atomic E-state index is 13.5. The summed E-state index contributed by atoms with van der Waals surface area (Å²) in [7, 11) is 1.65. The van der Waals surface area contributed by atoms with Crippen LogP contribution in [0.2, 0.25) is 0 Å². The molecule has 154 valence electrons. The first-order chi connectivity index (χ1) is 15.2. The molecule has 1 N–H and O–H groups in total. The minimum Gasteiger partial charge on any atom is -0.497 e. The summed E-state index contributed by atoms with van der Waals surface area (Å²) >= 11 is 0. The predicted octanol–water partition coefficient (Wildman–Crippen LogP) is 5.62. The molecule has 2 heterocycles. The number of amides is 2. The van der Waals surface area contributed by atoms with Gasteiger partial charge < -0.3 is 19.5 Å².